The summed E-state index contributed by atoms with van der Waals surface area (Å²) in [4.78, 5) is 30.7. The maximum atomic E-state index is 13.3. The minimum Gasteiger partial charge on any atom is -0.363 e. The number of imide groups is 1. The van der Waals surface area contributed by atoms with Crippen molar-refractivity contribution in [2.45, 2.75) is 53.0 Å². The molecule has 2 aromatic rings. The Bertz CT molecular complexity index is 1080. The van der Waals surface area contributed by atoms with Crippen molar-refractivity contribution in [3.63, 3.8) is 0 Å². The molecule has 0 radical (unpaired) electrons. The summed E-state index contributed by atoms with van der Waals surface area (Å²) in [5, 5.41) is 10.8. The van der Waals surface area contributed by atoms with Crippen LogP contribution < -0.4 is 4.90 Å². The molecule has 0 spiro atoms. The number of carbonyl (C=O) groups is 2. The molecule has 2 amide bonds. The lowest BCUT2D eigenvalue weighted by molar-refractivity contribution is -0.141. The summed E-state index contributed by atoms with van der Waals surface area (Å²) in [6, 6.07) is 15.5. The molecule has 1 aromatic heterocycles. The highest BCUT2D eigenvalue weighted by Gasteiger charge is 2.35. The van der Waals surface area contributed by atoms with E-state index in [-0.39, 0.29) is 18.0 Å². The molecular formula is C27H31N3O2S. The first-order valence-corrected chi connectivity index (χ1v) is 12.4. The minimum absolute atomic E-state index is 0.0288. The van der Waals surface area contributed by atoms with Crippen molar-refractivity contribution in [3.8, 4) is 6.07 Å². The molecule has 172 valence electrons. The van der Waals surface area contributed by atoms with E-state index < -0.39 is 5.91 Å². The molecule has 0 fully saturated rings. The highest BCUT2D eigenvalue weighted by molar-refractivity contribution is 7.17. The fraction of sp³-hybridized carbons (Fsp3) is 0.370. The largest absolute Gasteiger partial charge is 0.363 e. The van der Waals surface area contributed by atoms with Gasteiger partial charge in [-0.2, -0.15) is 5.26 Å². The van der Waals surface area contributed by atoms with Crippen LogP contribution in [0.2, 0.25) is 0 Å². The molecule has 1 aromatic carbocycles. The summed E-state index contributed by atoms with van der Waals surface area (Å²) < 4.78 is 0. The summed E-state index contributed by atoms with van der Waals surface area (Å²) in [5.74, 6) is -0.887. The number of nitrogens with zero attached hydrogens (tertiary/aromatic N) is 3. The summed E-state index contributed by atoms with van der Waals surface area (Å²) in [5.41, 5.74) is 1.72. The van der Waals surface area contributed by atoms with Crippen LogP contribution in [-0.2, 0) is 16.1 Å². The van der Waals surface area contributed by atoms with Crippen LogP contribution in [0.5, 0.6) is 0 Å². The number of thiophene rings is 1. The fourth-order valence-electron chi connectivity index (χ4n) is 3.80. The van der Waals surface area contributed by atoms with Crippen LogP contribution in [0, 0.1) is 11.3 Å². The average molecular weight is 462 g/mol. The topological polar surface area (TPSA) is 64.4 Å². The second kappa shape index (κ2) is 11.6. The van der Waals surface area contributed by atoms with E-state index in [1.165, 1.54) is 9.90 Å². The summed E-state index contributed by atoms with van der Waals surface area (Å²) in [6.07, 6.45) is 6.39. The van der Waals surface area contributed by atoms with Crippen molar-refractivity contribution in [2.24, 2.45) is 0 Å². The molecule has 1 aliphatic rings. The maximum Gasteiger partial charge on any atom is 0.271 e. The quantitative estimate of drug-likeness (QED) is 0.324. The zero-order valence-electron chi connectivity index (χ0n) is 19.6. The Kier molecular flexibility index (Phi) is 8.62. The zero-order chi connectivity index (χ0) is 23.8. The van der Waals surface area contributed by atoms with Crippen LogP contribution in [0.25, 0.3) is 6.08 Å². The van der Waals surface area contributed by atoms with Crippen LogP contribution in [0.3, 0.4) is 0 Å². The molecule has 2 heterocycles. The van der Waals surface area contributed by atoms with E-state index in [1.807, 2.05) is 48.5 Å². The van der Waals surface area contributed by atoms with Crippen molar-refractivity contribution < 1.29 is 9.59 Å². The number of rotatable bonds is 10. The van der Waals surface area contributed by atoms with Gasteiger partial charge in [0.15, 0.2) is 0 Å². The van der Waals surface area contributed by atoms with Gasteiger partial charge in [0.1, 0.15) is 11.6 Å². The third-order valence-corrected chi connectivity index (χ3v) is 6.88. The van der Waals surface area contributed by atoms with Crippen LogP contribution in [-0.4, -0.2) is 29.8 Å². The van der Waals surface area contributed by atoms with Crippen molar-refractivity contribution >= 4 is 34.2 Å². The molecule has 0 bridgehead atoms. The lowest BCUT2D eigenvalue weighted by atomic mass is 9.94. The van der Waals surface area contributed by atoms with E-state index in [9.17, 15) is 14.9 Å². The summed E-state index contributed by atoms with van der Waals surface area (Å²) >= 11 is 1.64. The average Bonchev–Trinajstić information content (AvgIpc) is 3.29. The predicted octanol–water partition coefficient (Wildman–Crippen LogP) is 5.95. The molecule has 33 heavy (non-hydrogen) atoms. The molecule has 0 unspecified atom stereocenters. The van der Waals surface area contributed by atoms with Crippen molar-refractivity contribution in [2.75, 3.05) is 18.0 Å². The number of nitriles is 1. The van der Waals surface area contributed by atoms with Crippen molar-refractivity contribution in [1.29, 1.82) is 5.26 Å². The number of unbranched alkanes of at least 4 members (excludes halogenated alkanes) is 2. The van der Waals surface area contributed by atoms with Crippen LogP contribution in [0.1, 0.15) is 56.9 Å². The first-order chi connectivity index (χ1) is 16.0. The third-order valence-electron chi connectivity index (χ3n) is 5.78. The van der Waals surface area contributed by atoms with Crippen LogP contribution >= 0.6 is 11.3 Å². The number of benzene rings is 1. The van der Waals surface area contributed by atoms with Gasteiger partial charge >= 0.3 is 0 Å². The Morgan fingerprint density at radius 3 is 2.27 bits per heavy atom. The highest BCUT2D eigenvalue weighted by Crippen LogP contribution is 2.32. The van der Waals surface area contributed by atoms with E-state index in [0.29, 0.717) is 11.1 Å². The number of hydrogen-bond acceptors (Lipinski definition) is 5. The van der Waals surface area contributed by atoms with Crippen molar-refractivity contribution in [3.05, 3.63) is 69.6 Å². The van der Waals surface area contributed by atoms with Crippen molar-refractivity contribution in [1.82, 2.24) is 4.90 Å². The van der Waals surface area contributed by atoms with Crippen LogP contribution in [0.15, 0.2) is 59.2 Å². The Morgan fingerprint density at radius 2 is 1.67 bits per heavy atom. The second-order valence-corrected chi connectivity index (χ2v) is 9.32. The lowest BCUT2D eigenvalue weighted by Gasteiger charge is -2.27. The van der Waals surface area contributed by atoms with Gasteiger partial charge in [-0.25, -0.2) is 0 Å². The Labute approximate surface area is 200 Å². The standard InChI is InChI=1S/C27H31N3O2S/c1-4-6-15-29(16-7-5-2)25-14-13-22(33-25)17-23-20(3)24(18-28)27(32)30(26(23)31)19-21-11-9-8-10-12-21/h8-14,17H,4-7,15-16,19H2,1-3H3/b23-17-. The summed E-state index contributed by atoms with van der Waals surface area (Å²) in [7, 11) is 0. The highest BCUT2D eigenvalue weighted by atomic mass is 32.1. The van der Waals surface area contributed by atoms with E-state index in [0.717, 1.165) is 49.2 Å². The SMILES string of the molecule is CCCCN(CCCC)c1ccc(/C=C2\C(=O)N(Cc3ccccc3)C(=O)C(C#N)=C2C)s1. The smallest absolute Gasteiger partial charge is 0.271 e. The Morgan fingerprint density at radius 1 is 1.00 bits per heavy atom. The lowest BCUT2D eigenvalue weighted by Crippen LogP contribution is -2.42. The van der Waals surface area contributed by atoms with Gasteiger partial charge in [-0.15, -0.1) is 11.3 Å². The van der Waals surface area contributed by atoms with E-state index in [4.69, 9.17) is 0 Å². The van der Waals surface area contributed by atoms with E-state index in [2.05, 4.69) is 24.8 Å². The first-order valence-electron chi connectivity index (χ1n) is 11.6. The molecule has 0 saturated heterocycles. The zero-order valence-corrected chi connectivity index (χ0v) is 20.5. The first kappa shape index (κ1) is 24.5. The summed E-state index contributed by atoms with van der Waals surface area (Å²) in [6.45, 7) is 8.25. The van der Waals surface area contributed by atoms with Gasteiger partial charge in [-0.05, 0) is 49.1 Å². The number of carbonyl (C=O) groups excluding carboxylic acids is 2. The molecule has 0 atom stereocenters. The molecule has 6 heteroatoms. The van der Waals surface area contributed by atoms with Crippen LogP contribution in [0.4, 0.5) is 5.00 Å². The fourth-order valence-corrected chi connectivity index (χ4v) is 4.80. The normalized spacial score (nSPS) is 15.3. The Balaban J connectivity index is 1.92. The molecule has 0 saturated carbocycles. The van der Waals surface area contributed by atoms with Gasteiger partial charge < -0.3 is 4.90 Å². The third kappa shape index (κ3) is 5.80. The van der Waals surface area contributed by atoms with Gasteiger partial charge in [0.2, 0.25) is 0 Å². The second-order valence-electron chi connectivity index (χ2n) is 8.22. The van der Waals surface area contributed by atoms with Gasteiger partial charge in [-0.3, -0.25) is 14.5 Å². The van der Waals surface area contributed by atoms with E-state index in [1.54, 1.807) is 18.3 Å². The van der Waals surface area contributed by atoms with E-state index >= 15 is 0 Å². The molecule has 5 nitrogen and oxygen atoms in total. The minimum atomic E-state index is -0.529. The maximum absolute atomic E-state index is 13.3. The van der Waals surface area contributed by atoms with Gasteiger partial charge in [0.05, 0.1) is 11.5 Å². The number of hydrogen-bond donors (Lipinski definition) is 0. The molecular weight excluding hydrogens is 430 g/mol. The van der Waals surface area contributed by atoms with Gasteiger partial charge in [-0.1, -0.05) is 57.0 Å². The molecule has 0 aliphatic carbocycles. The number of anilines is 1. The molecule has 0 N–H and O–H groups in total. The van der Waals surface area contributed by atoms with Gasteiger partial charge in [0.25, 0.3) is 11.8 Å². The predicted molar refractivity (Wildman–Crippen MR) is 135 cm³/mol. The molecule has 3 rings (SSSR count). The monoisotopic (exact) mass is 461 g/mol. The Hall–Kier alpha value is -3.17. The molecule has 1 aliphatic heterocycles. The van der Waals surface area contributed by atoms with Gasteiger partial charge in [0, 0.05) is 23.5 Å². The number of amides is 2.